The number of nitro benzene ring substituents is 1. The number of carbonyl (C=O) groups is 1. The van der Waals surface area contributed by atoms with Crippen LogP contribution in [-0.2, 0) is 0 Å². The summed E-state index contributed by atoms with van der Waals surface area (Å²) >= 11 is 0. The Labute approximate surface area is 193 Å². The van der Waals surface area contributed by atoms with E-state index in [0.29, 0.717) is 17.1 Å². The molecule has 0 atom stereocenters. The molecular weight excluding hydrogens is 434 g/mol. The number of hydrogen-bond donors (Lipinski definition) is 1. The van der Waals surface area contributed by atoms with E-state index in [0.717, 1.165) is 22.5 Å². The van der Waals surface area contributed by atoms with E-state index in [1.165, 1.54) is 16.8 Å². The standard InChI is InChI=1S/C24H19N7O3/c1-15-5-4-12-29-14-21(26-23(15)29)17-8-10-18(11-9-17)25-24(32)22-16(2)30(28-27-22)19-6-3-7-20(13-19)31(33)34/h3-14H,1-2H3,(H,25,32). The number of aromatic nitrogens is 5. The molecule has 1 amide bonds. The predicted octanol–water partition coefficient (Wildman–Crippen LogP) is 4.36. The van der Waals surface area contributed by atoms with Gasteiger partial charge in [0.2, 0.25) is 0 Å². The maximum atomic E-state index is 12.8. The number of amides is 1. The number of pyridine rings is 1. The molecule has 0 radical (unpaired) electrons. The predicted molar refractivity (Wildman–Crippen MR) is 126 cm³/mol. The Hall–Kier alpha value is -4.86. The van der Waals surface area contributed by atoms with Gasteiger partial charge in [0.25, 0.3) is 11.6 Å². The number of nitrogens with zero attached hydrogens (tertiary/aromatic N) is 6. The Balaban J connectivity index is 1.35. The summed E-state index contributed by atoms with van der Waals surface area (Å²) < 4.78 is 3.38. The number of imidazole rings is 1. The van der Waals surface area contributed by atoms with E-state index < -0.39 is 10.8 Å². The highest BCUT2D eigenvalue weighted by molar-refractivity contribution is 6.03. The van der Waals surface area contributed by atoms with Gasteiger partial charge < -0.3 is 9.72 Å². The quantitative estimate of drug-likeness (QED) is 0.312. The summed E-state index contributed by atoms with van der Waals surface area (Å²) in [5.74, 6) is -0.426. The zero-order valence-corrected chi connectivity index (χ0v) is 18.3. The molecule has 0 aliphatic heterocycles. The third-order valence-electron chi connectivity index (χ3n) is 5.51. The summed E-state index contributed by atoms with van der Waals surface area (Å²) in [4.78, 5) is 28.1. The van der Waals surface area contributed by atoms with Gasteiger partial charge in [0.05, 0.1) is 22.0 Å². The lowest BCUT2D eigenvalue weighted by Crippen LogP contribution is -2.14. The molecule has 0 spiro atoms. The highest BCUT2D eigenvalue weighted by atomic mass is 16.6. The van der Waals surface area contributed by atoms with Crippen molar-refractivity contribution in [2.75, 3.05) is 5.32 Å². The lowest BCUT2D eigenvalue weighted by molar-refractivity contribution is -0.384. The Morgan fingerprint density at radius 1 is 1.06 bits per heavy atom. The summed E-state index contributed by atoms with van der Waals surface area (Å²) in [5.41, 5.74) is 5.32. The van der Waals surface area contributed by atoms with E-state index in [4.69, 9.17) is 4.98 Å². The van der Waals surface area contributed by atoms with Gasteiger partial charge >= 0.3 is 0 Å². The van der Waals surface area contributed by atoms with Crippen LogP contribution in [0.3, 0.4) is 0 Å². The molecule has 0 saturated carbocycles. The minimum Gasteiger partial charge on any atom is -0.321 e. The minimum atomic E-state index is -0.486. The van der Waals surface area contributed by atoms with Crippen molar-refractivity contribution in [3.8, 4) is 16.9 Å². The number of aryl methyl sites for hydroxylation is 1. The lowest BCUT2D eigenvalue weighted by atomic mass is 10.1. The second-order valence-electron chi connectivity index (χ2n) is 7.79. The number of nitro groups is 1. The molecule has 34 heavy (non-hydrogen) atoms. The highest BCUT2D eigenvalue weighted by Crippen LogP contribution is 2.23. The number of carbonyl (C=O) groups excluding carboxylic acids is 1. The van der Waals surface area contributed by atoms with Gasteiger partial charge in [0.15, 0.2) is 5.69 Å². The first-order chi connectivity index (χ1) is 16.4. The number of fused-ring (bicyclic) bond motifs is 1. The largest absolute Gasteiger partial charge is 0.321 e. The summed E-state index contributed by atoms with van der Waals surface area (Å²) in [6, 6.07) is 17.3. The molecule has 5 aromatic rings. The average molecular weight is 453 g/mol. The van der Waals surface area contributed by atoms with Gasteiger partial charge in [-0.15, -0.1) is 5.10 Å². The fourth-order valence-corrected chi connectivity index (χ4v) is 3.73. The smallest absolute Gasteiger partial charge is 0.278 e. The van der Waals surface area contributed by atoms with Crippen molar-refractivity contribution in [2.45, 2.75) is 13.8 Å². The average Bonchev–Trinajstić information content (AvgIpc) is 3.44. The maximum Gasteiger partial charge on any atom is 0.278 e. The summed E-state index contributed by atoms with van der Waals surface area (Å²) in [6.07, 6.45) is 3.92. The van der Waals surface area contributed by atoms with Crippen molar-refractivity contribution < 1.29 is 9.72 Å². The van der Waals surface area contributed by atoms with E-state index >= 15 is 0 Å². The molecule has 3 heterocycles. The van der Waals surface area contributed by atoms with E-state index in [1.807, 2.05) is 48.0 Å². The first-order valence-electron chi connectivity index (χ1n) is 10.4. The topological polar surface area (TPSA) is 120 Å². The minimum absolute atomic E-state index is 0.0701. The van der Waals surface area contributed by atoms with Gasteiger partial charge in [-0.3, -0.25) is 14.9 Å². The van der Waals surface area contributed by atoms with Crippen LogP contribution in [0.2, 0.25) is 0 Å². The number of anilines is 1. The Bertz CT molecular complexity index is 1550. The first-order valence-corrected chi connectivity index (χ1v) is 10.4. The highest BCUT2D eigenvalue weighted by Gasteiger charge is 2.19. The van der Waals surface area contributed by atoms with Crippen LogP contribution in [-0.4, -0.2) is 35.2 Å². The summed E-state index contributed by atoms with van der Waals surface area (Å²) in [7, 11) is 0. The fourth-order valence-electron chi connectivity index (χ4n) is 3.73. The Morgan fingerprint density at radius 2 is 1.85 bits per heavy atom. The monoisotopic (exact) mass is 453 g/mol. The van der Waals surface area contributed by atoms with Gasteiger partial charge in [0, 0.05) is 35.8 Å². The van der Waals surface area contributed by atoms with Crippen LogP contribution in [0.25, 0.3) is 22.6 Å². The van der Waals surface area contributed by atoms with Crippen LogP contribution in [0.4, 0.5) is 11.4 Å². The Kier molecular flexibility index (Phi) is 5.09. The van der Waals surface area contributed by atoms with Crippen molar-refractivity contribution in [1.82, 2.24) is 24.4 Å². The molecule has 10 nitrogen and oxygen atoms in total. The molecule has 5 rings (SSSR count). The molecule has 0 aliphatic rings. The molecule has 2 aromatic carbocycles. The fraction of sp³-hybridized carbons (Fsp3) is 0.0833. The van der Waals surface area contributed by atoms with Crippen molar-refractivity contribution in [2.24, 2.45) is 0 Å². The third-order valence-corrected chi connectivity index (χ3v) is 5.51. The molecule has 0 bridgehead atoms. The van der Waals surface area contributed by atoms with E-state index in [2.05, 4.69) is 15.6 Å². The Morgan fingerprint density at radius 3 is 2.59 bits per heavy atom. The molecule has 3 aromatic heterocycles. The summed E-state index contributed by atoms with van der Waals surface area (Å²) in [6.45, 7) is 3.70. The molecule has 0 unspecified atom stereocenters. The van der Waals surface area contributed by atoms with Crippen LogP contribution in [0, 0.1) is 24.0 Å². The van der Waals surface area contributed by atoms with Crippen LogP contribution in [0.15, 0.2) is 73.1 Å². The van der Waals surface area contributed by atoms with Crippen molar-refractivity contribution in [3.05, 3.63) is 100 Å². The molecule has 0 aliphatic carbocycles. The normalized spacial score (nSPS) is 11.0. The molecule has 0 fully saturated rings. The lowest BCUT2D eigenvalue weighted by Gasteiger charge is -2.06. The molecule has 0 saturated heterocycles. The number of benzene rings is 2. The van der Waals surface area contributed by atoms with E-state index in [-0.39, 0.29) is 11.4 Å². The molecule has 10 heteroatoms. The third kappa shape index (κ3) is 3.77. The van der Waals surface area contributed by atoms with Crippen molar-refractivity contribution in [3.63, 3.8) is 0 Å². The van der Waals surface area contributed by atoms with Crippen molar-refractivity contribution >= 4 is 22.9 Å². The van der Waals surface area contributed by atoms with Gasteiger partial charge in [-0.05, 0) is 43.7 Å². The van der Waals surface area contributed by atoms with Crippen LogP contribution >= 0.6 is 0 Å². The summed E-state index contributed by atoms with van der Waals surface area (Å²) in [5, 5.41) is 21.9. The number of rotatable bonds is 5. The van der Waals surface area contributed by atoms with Crippen LogP contribution < -0.4 is 5.32 Å². The van der Waals surface area contributed by atoms with Crippen LogP contribution in [0.1, 0.15) is 21.7 Å². The zero-order valence-electron chi connectivity index (χ0n) is 18.3. The number of non-ortho nitro benzene ring substituents is 1. The molecular formula is C24H19N7O3. The zero-order chi connectivity index (χ0) is 23.8. The second kappa shape index (κ2) is 8.24. The maximum absolute atomic E-state index is 12.8. The first kappa shape index (κ1) is 21.0. The van der Waals surface area contributed by atoms with Gasteiger partial charge in [-0.1, -0.05) is 29.5 Å². The second-order valence-corrected chi connectivity index (χ2v) is 7.79. The van der Waals surface area contributed by atoms with Crippen LogP contribution in [0.5, 0.6) is 0 Å². The molecule has 168 valence electrons. The van der Waals surface area contributed by atoms with Gasteiger partial charge in [0.1, 0.15) is 5.65 Å². The number of hydrogen-bond acceptors (Lipinski definition) is 6. The SMILES string of the molecule is Cc1cccn2cc(-c3ccc(NC(=O)c4nnn(-c5cccc([N+](=O)[O-])c5)c4C)cc3)nc12. The van der Waals surface area contributed by atoms with E-state index in [1.54, 1.807) is 31.2 Å². The van der Waals surface area contributed by atoms with Gasteiger partial charge in [-0.25, -0.2) is 9.67 Å². The number of nitrogens with one attached hydrogen (secondary N) is 1. The van der Waals surface area contributed by atoms with Crippen molar-refractivity contribution in [1.29, 1.82) is 0 Å². The van der Waals surface area contributed by atoms with E-state index in [9.17, 15) is 14.9 Å². The van der Waals surface area contributed by atoms with Gasteiger partial charge in [-0.2, -0.15) is 0 Å². The molecule has 1 N–H and O–H groups in total.